The number of amides is 1. The molecule has 2 aliphatic rings. The van der Waals surface area contributed by atoms with Crippen LogP contribution in [0.15, 0.2) is 63.8 Å². The Hall–Kier alpha value is -3.08. The molecule has 2 atom stereocenters. The number of carbonyl (C=O) groups is 1. The summed E-state index contributed by atoms with van der Waals surface area (Å²) in [5, 5.41) is 0.816. The molecule has 5 heteroatoms. The molecule has 2 heterocycles. The third-order valence-corrected chi connectivity index (χ3v) is 5.88. The minimum Gasteiger partial charge on any atom is -0.484 e. The molecular weight excluding hydrogens is 354 g/mol. The Bertz CT molecular complexity index is 1100. The number of fused-ring (bicyclic) bond motifs is 4. The average molecular weight is 375 g/mol. The minimum atomic E-state index is -0.405. The predicted molar refractivity (Wildman–Crippen MR) is 107 cm³/mol. The summed E-state index contributed by atoms with van der Waals surface area (Å²) in [6, 6.07) is 16.8. The fourth-order valence-electron chi connectivity index (χ4n) is 4.65. The standard InChI is InChI=1S/C23H21NO4/c25-22(14-27-16-11-9-15-10-12-23(26)28-21(15)13-16)24-19-7-3-1-5-17(19)18-6-2-4-8-20(18)24/h1,3,5,7,9-13,18,20H,2,4,6,8,14H2. The van der Waals surface area contributed by atoms with Gasteiger partial charge in [0, 0.05) is 35.2 Å². The van der Waals surface area contributed by atoms with E-state index in [1.165, 1.54) is 18.1 Å². The summed E-state index contributed by atoms with van der Waals surface area (Å²) < 4.78 is 11.0. The Morgan fingerprint density at radius 3 is 2.82 bits per heavy atom. The molecule has 1 fully saturated rings. The fourth-order valence-corrected chi connectivity index (χ4v) is 4.65. The lowest BCUT2D eigenvalue weighted by atomic mass is 9.82. The molecule has 0 saturated heterocycles. The Kier molecular flexibility index (Phi) is 4.15. The number of benzene rings is 2. The SMILES string of the molecule is O=C(COc1ccc2ccc(=O)oc2c1)N1c2ccccc2C2CCCCC21. The third kappa shape index (κ3) is 2.87. The van der Waals surface area contributed by atoms with Crippen LogP contribution < -0.4 is 15.3 Å². The molecule has 1 saturated carbocycles. The summed E-state index contributed by atoms with van der Waals surface area (Å²) >= 11 is 0. The van der Waals surface area contributed by atoms with E-state index in [4.69, 9.17) is 9.15 Å². The highest BCUT2D eigenvalue weighted by Crippen LogP contribution is 2.47. The quantitative estimate of drug-likeness (QED) is 0.642. The van der Waals surface area contributed by atoms with Crippen LogP contribution >= 0.6 is 0 Å². The number of carbonyl (C=O) groups excluding carboxylic acids is 1. The molecule has 1 aliphatic heterocycles. The Morgan fingerprint density at radius 2 is 1.89 bits per heavy atom. The van der Waals surface area contributed by atoms with E-state index in [2.05, 4.69) is 12.1 Å². The van der Waals surface area contributed by atoms with Gasteiger partial charge in [0.25, 0.3) is 5.91 Å². The lowest BCUT2D eigenvalue weighted by Crippen LogP contribution is -2.42. The van der Waals surface area contributed by atoms with Gasteiger partial charge in [-0.15, -0.1) is 0 Å². The van der Waals surface area contributed by atoms with Crippen molar-refractivity contribution in [3.8, 4) is 5.75 Å². The minimum absolute atomic E-state index is 0.0311. The second-order valence-corrected chi connectivity index (χ2v) is 7.52. The highest BCUT2D eigenvalue weighted by atomic mass is 16.5. The van der Waals surface area contributed by atoms with Gasteiger partial charge in [-0.05, 0) is 42.7 Å². The number of nitrogens with zero attached hydrogens (tertiary/aromatic N) is 1. The van der Waals surface area contributed by atoms with Gasteiger partial charge in [0.15, 0.2) is 6.61 Å². The smallest absolute Gasteiger partial charge is 0.336 e. The van der Waals surface area contributed by atoms with E-state index < -0.39 is 5.63 Å². The van der Waals surface area contributed by atoms with E-state index in [0.717, 1.165) is 30.3 Å². The van der Waals surface area contributed by atoms with Crippen molar-refractivity contribution in [2.24, 2.45) is 0 Å². The zero-order chi connectivity index (χ0) is 19.1. The summed E-state index contributed by atoms with van der Waals surface area (Å²) in [6.07, 6.45) is 4.54. The Labute approximate surface area is 162 Å². The second-order valence-electron chi connectivity index (χ2n) is 7.52. The highest BCUT2D eigenvalue weighted by molar-refractivity contribution is 5.97. The van der Waals surface area contributed by atoms with Crippen molar-refractivity contribution < 1.29 is 13.9 Å². The maximum atomic E-state index is 13.1. The van der Waals surface area contributed by atoms with Crippen molar-refractivity contribution in [3.63, 3.8) is 0 Å². The van der Waals surface area contributed by atoms with Crippen molar-refractivity contribution in [2.45, 2.75) is 37.6 Å². The van der Waals surface area contributed by atoms with E-state index in [9.17, 15) is 9.59 Å². The van der Waals surface area contributed by atoms with Crippen molar-refractivity contribution >= 4 is 22.6 Å². The first-order valence-corrected chi connectivity index (χ1v) is 9.78. The fraction of sp³-hybridized carbons (Fsp3) is 0.304. The zero-order valence-corrected chi connectivity index (χ0v) is 15.5. The summed E-state index contributed by atoms with van der Waals surface area (Å²) in [5.74, 6) is 0.920. The molecule has 5 nitrogen and oxygen atoms in total. The van der Waals surface area contributed by atoms with Crippen molar-refractivity contribution in [1.82, 2.24) is 0 Å². The molecule has 2 aromatic carbocycles. The maximum Gasteiger partial charge on any atom is 0.336 e. The van der Waals surface area contributed by atoms with Gasteiger partial charge in [0.1, 0.15) is 11.3 Å². The molecule has 1 aliphatic carbocycles. The van der Waals surface area contributed by atoms with E-state index in [-0.39, 0.29) is 18.6 Å². The van der Waals surface area contributed by atoms with Gasteiger partial charge in [-0.2, -0.15) is 0 Å². The topological polar surface area (TPSA) is 59.8 Å². The summed E-state index contributed by atoms with van der Waals surface area (Å²) in [4.78, 5) is 26.4. The molecule has 0 spiro atoms. The van der Waals surface area contributed by atoms with Gasteiger partial charge < -0.3 is 14.1 Å². The van der Waals surface area contributed by atoms with Gasteiger partial charge in [0.05, 0.1) is 0 Å². The first-order valence-electron chi connectivity index (χ1n) is 9.78. The van der Waals surface area contributed by atoms with Crippen molar-refractivity contribution in [1.29, 1.82) is 0 Å². The van der Waals surface area contributed by atoms with E-state index in [0.29, 0.717) is 17.3 Å². The molecule has 2 unspecified atom stereocenters. The van der Waals surface area contributed by atoms with Crippen LogP contribution in [0.2, 0.25) is 0 Å². The third-order valence-electron chi connectivity index (χ3n) is 5.88. The van der Waals surface area contributed by atoms with Crippen LogP contribution in [0.25, 0.3) is 11.0 Å². The van der Waals surface area contributed by atoms with Crippen LogP contribution in [-0.4, -0.2) is 18.6 Å². The van der Waals surface area contributed by atoms with Gasteiger partial charge in [-0.25, -0.2) is 4.79 Å². The number of hydrogen-bond donors (Lipinski definition) is 0. The highest BCUT2D eigenvalue weighted by Gasteiger charge is 2.42. The lowest BCUT2D eigenvalue weighted by Gasteiger charge is -2.32. The van der Waals surface area contributed by atoms with Crippen LogP contribution in [0.3, 0.4) is 0 Å². The van der Waals surface area contributed by atoms with Gasteiger partial charge >= 0.3 is 5.63 Å². The molecule has 0 N–H and O–H groups in total. The molecule has 0 radical (unpaired) electrons. The van der Waals surface area contributed by atoms with Gasteiger partial charge in [-0.1, -0.05) is 31.0 Å². The number of rotatable bonds is 3. The van der Waals surface area contributed by atoms with Crippen LogP contribution in [0, 0.1) is 0 Å². The molecule has 3 aromatic rings. The average Bonchev–Trinajstić information content (AvgIpc) is 3.06. The number of ether oxygens (including phenoxy) is 1. The van der Waals surface area contributed by atoms with Gasteiger partial charge in [-0.3, -0.25) is 4.79 Å². The molecular formula is C23H21NO4. The molecule has 142 valence electrons. The van der Waals surface area contributed by atoms with E-state index in [1.807, 2.05) is 23.1 Å². The first-order chi connectivity index (χ1) is 13.7. The number of hydrogen-bond acceptors (Lipinski definition) is 4. The molecule has 1 aromatic heterocycles. The van der Waals surface area contributed by atoms with E-state index >= 15 is 0 Å². The zero-order valence-electron chi connectivity index (χ0n) is 15.5. The summed E-state index contributed by atoms with van der Waals surface area (Å²) in [7, 11) is 0. The summed E-state index contributed by atoms with van der Waals surface area (Å²) in [6.45, 7) is -0.0415. The summed E-state index contributed by atoms with van der Waals surface area (Å²) in [5.41, 5.74) is 2.36. The monoisotopic (exact) mass is 375 g/mol. The number of para-hydroxylation sites is 1. The largest absolute Gasteiger partial charge is 0.484 e. The van der Waals surface area contributed by atoms with Crippen LogP contribution in [0.1, 0.15) is 37.2 Å². The van der Waals surface area contributed by atoms with Crippen molar-refractivity contribution in [3.05, 3.63) is 70.6 Å². The molecule has 5 rings (SSSR count). The van der Waals surface area contributed by atoms with Crippen LogP contribution in [0.5, 0.6) is 5.75 Å². The van der Waals surface area contributed by atoms with Crippen LogP contribution in [0.4, 0.5) is 5.69 Å². The van der Waals surface area contributed by atoms with Gasteiger partial charge in [0.2, 0.25) is 0 Å². The maximum absolute atomic E-state index is 13.1. The van der Waals surface area contributed by atoms with E-state index in [1.54, 1.807) is 18.2 Å². The molecule has 28 heavy (non-hydrogen) atoms. The number of anilines is 1. The Morgan fingerprint density at radius 1 is 1.07 bits per heavy atom. The molecule has 1 amide bonds. The second kappa shape index (κ2) is 6.82. The Balaban J connectivity index is 1.37. The lowest BCUT2D eigenvalue weighted by molar-refractivity contribution is -0.121. The predicted octanol–water partition coefficient (Wildman–Crippen LogP) is 4.24. The first kappa shape index (κ1) is 17.0. The normalized spacial score (nSPS) is 20.6. The molecule has 0 bridgehead atoms. The van der Waals surface area contributed by atoms with Crippen molar-refractivity contribution in [2.75, 3.05) is 11.5 Å². The van der Waals surface area contributed by atoms with Crippen LogP contribution in [-0.2, 0) is 4.79 Å².